The maximum absolute atomic E-state index is 6.09. The number of halogens is 1. The van der Waals surface area contributed by atoms with Crippen molar-refractivity contribution in [2.24, 2.45) is 0 Å². The van der Waals surface area contributed by atoms with Gasteiger partial charge >= 0.3 is 0 Å². The van der Waals surface area contributed by atoms with E-state index in [0.29, 0.717) is 6.61 Å². The van der Waals surface area contributed by atoms with E-state index in [4.69, 9.17) is 16.3 Å². The summed E-state index contributed by atoms with van der Waals surface area (Å²) in [5.74, 6) is 0.924. The number of fused-ring (bicyclic) bond motifs is 2. The smallest absolute Gasteiger partial charge is 0.134 e. The van der Waals surface area contributed by atoms with Gasteiger partial charge < -0.3 is 4.74 Å². The van der Waals surface area contributed by atoms with Gasteiger partial charge in [-0.05, 0) is 35.9 Å². The minimum atomic E-state index is 0.648. The third-order valence-electron chi connectivity index (χ3n) is 3.07. The van der Waals surface area contributed by atoms with Crippen LogP contribution >= 0.6 is 11.6 Å². The third-order valence-corrected chi connectivity index (χ3v) is 3.30. The zero-order chi connectivity index (χ0) is 12.5. The fourth-order valence-corrected chi connectivity index (χ4v) is 2.47. The first-order chi connectivity index (χ1) is 8.79. The molecule has 0 aliphatic heterocycles. The maximum Gasteiger partial charge on any atom is 0.134 e. The van der Waals surface area contributed by atoms with E-state index in [1.165, 1.54) is 5.39 Å². The van der Waals surface area contributed by atoms with E-state index in [2.05, 4.69) is 18.2 Å². The first-order valence-corrected chi connectivity index (χ1v) is 6.41. The Balaban J connectivity index is 2.46. The molecule has 0 unspecified atom stereocenters. The Labute approximate surface area is 111 Å². The molecule has 2 heteroatoms. The van der Waals surface area contributed by atoms with Gasteiger partial charge in [0.15, 0.2) is 0 Å². The number of hydrogen-bond donors (Lipinski definition) is 0. The largest absolute Gasteiger partial charge is 0.493 e. The average Bonchev–Trinajstić information content (AvgIpc) is 2.39. The van der Waals surface area contributed by atoms with Crippen LogP contribution in [0, 0.1) is 0 Å². The minimum absolute atomic E-state index is 0.648. The average molecular weight is 257 g/mol. The molecule has 0 heterocycles. The van der Waals surface area contributed by atoms with E-state index in [1.807, 2.05) is 37.3 Å². The Hall–Kier alpha value is -1.73. The van der Waals surface area contributed by atoms with Gasteiger partial charge in [0, 0.05) is 15.8 Å². The Morgan fingerprint density at radius 1 is 0.944 bits per heavy atom. The quantitative estimate of drug-likeness (QED) is 0.584. The van der Waals surface area contributed by atoms with Crippen LogP contribution in [0.5, 0.6) is 5.75 Å². The first-order valence-electron chi connectivity index (χ1n) is 6.03. The molecule has 0 fully saturated rings. The van der Waals surface area contributed by atoms with Crippen molar-refractivity contribution in [3.05, 3.63) is 53.6 Å². The Morgan fingerprint density at radius 3 is 2.56 bits per heavy atom. The van der Waals surface area contributed by atoms with Crippen molar-refractivity contribution < 1.29 is 4.74 Å². The number of rotatable bonds is 2. The molecule has 1 nitrogen and oxygen atoms in total. The second-order valence-corrected chi connectivity index (χ2v) is 4.66. The fraction of sp³-hybridized carbons (Fsp3) is 0.125. The van der Waals surface area contributed by atoms with Gasteiger partial charge in [-0.15, -0.1) is 0 Å². The number of hydrogen-bond acceptors (Lipinski definition) is 1. The van der Waals surface area contributed by atoms with Crippen LogP contribution in [-0.2, 0) is 0 Å². The Morgan fingerprint density at radius 2 is 1.72 bits per heavy atom. The highest BCUT2D eigenvalue weighted by molar-refractivity contribution is 6.31. The SMILES string of the molecule is CCOc1c2ccccc2cc2ccc(Cl)cc12. The van der Waals surface area contributed by atoms with Crippen LogP contribution in [-0.4, -0.2) is 6.61 Å². The molecule has 0 aromatic heterocycles. The van der Waals surface area contributed by atoms with Crippen molar-refractivity contribution in [2.75, 3.05) is 6.61 Å². The molecule has 90 valence electrons. The van der Waals surface area contributed by atoms with E-state index < -0.39 is 0 Å². The van der Waals surface area contributed by atoms with Crippen molar-refractivity contribution in [3.63, 3.8) is 0 Å². The molecule has 0 aliphatic rings. The van der Waals surface area contributed by atoms with Gasteiger partial charge in [-0.1, -0.05) is 41.9 Å². The lowest BCUT2D eigenvalue weighted by atomic mass is 10.0. The lowest BCUT2D eigenvalue weighted by Gasteiger charge is -2.12. The van der Waals surface area contributed by atoms with Gasteiger partial charge in [-0.25, -0.2) is 0 Å². The van der Waals surface area contributed by atoms with Crippen molar-refractivity contribution in [1.29, 1.82) is 0 Å². The molecule has 3 rings (SSSR count). The molecule has 18 heavy (non-hydrogen) atoms. The van der Waals surface area contributed by atoms with E-state index in [0.717, 1.165) is 26.9 Å². The lowest BCUT2D eigenvalue weighted by Crippen LogP contribution is -1.94. The molecular formula is C16H13ClO. The van der Waals surface area contributed by atoms with Crippen LogP contribution in [0.2, 0.25) is 5.02 Å². The minimum Gasteiger partial charge on any atom is -0.493 e. The first kappa shape index (κ1) is 11.4. The molecule has 0 spiro atoms. The third kappa shape index (κ3) is 1.81. The van der Waals surface area contributed by atoms with Gasteiger partial charge in [0.25, 0.3) is 0 Å². The standard InChI is InChI=1S/C16H13ClO/c1-2-18-16-14-6-4-3-5-11(14)9-12-7-8-13(17)10-15(12)16/h3-10H,2H2,1H3. The van der Waals surface area contributed by atoms with Crippen molar-refractivity contribution in [3.8, 4) is 5.75 Å². The highest BCUT2D eigenvalue weighted by Crippen LogP contribution is 2.36. The van der Waals surface area contributed by atoms with Gasteiger partial charge in [0.2, 0.25) is 0 Å². The van der Waals surface area contributed by atoms with E-state index in [9.17, 15) is 0 Å². The molecule has 0 saturated carbocycles. The summed E-state index contributed by atoms with van der Waals surface area (Å²) in [4.78, 5) is 0. The Kier molecular flexibility index (Phi) is 2.85. The summed E-state index contributed by atoms with van der Waals surface area (Å²) in [6, 6.07) is 16.3. The normalized spacial score (nSPS) is 11.0. The van der Waals surface area contributed by atoms with Gasteiger partial charge in [-0.2, -0.15) is 0 Å². The second-order valence-electron chi connectivity index (χ2n) is 4.23. The molecule has 0 aliphatic carbocycles. The summed E-state index contributed by atoms with van der Waals surface area (Å²) < 4.78 is 5.83. The molecule has 0 radical (unpaired) electrons. The predicted molar refractivity (Wildman–Crippen MR) is 77.6 cm³/mol. The zero-order valence-electron chi connectivity index (χ0n) is 10.1. The van der Waals surface area contributed by atoms with Crippen molar-refractivity contribution in [2.45, 2.75) is 6.92 Å². The summed E-state index contributed by atoms with van der Waals surface area (Å²) in [6.45, 7) is 2.65. The summed E-state index contributed by atoms with van der Waals surface area (Å²) in [7, 11) is 0. The van der Waals surface area contributed by atoms with Crippen LogP contribution in [0.1, 0.15) is 6.92 Å². The molecule has 0 amide bonds. The molecule has 3 aromatic carbocycles. The van der Waals surface area contributed by atoms with Crippen LogP contribution in [0.25, 0.3) is 21.5 Å². The highest BCUT2D eigenvalue weighted by atomic mass is 35.5. The van der Waals surface area contributed by atoms with E-state index in [-0.39, 0.29) is 0 Å². The second kappa shape index (κ2) is 4.51. The monoisotopic (exact) mass is 256 g/mol. The predicted octanol–water partition coefficient (Wildman–Crippen LogP) is 5.05. The summed E-state index contributed by atoms with van der Waals surface area (Å²) >= 11 is 6.09. The van der Waals surface area contributed by atoms with Crippen LogP contribution in [0.4, 0.5) is 0 Å². The summed E-state index contributed by atoms with van der Waals surface area (Å²) in [6.07, 6.45) is 0. The number of ether oxygens (including phenoxy) is 1. The Bertz CT molecular complexity index is 719. The molecule has 0 atom stereocenters. The zero-order valence-corrected chi connectivity index (χ0v) is 10.9. The summed E-state index contributed by atoms with van der Waals surface area (Å²) in [5.41, 5.74) is 0. The van der Waals surface area contributed by atoms with E-state index in [1.54, 1.807) is 0 Å². The fourth-order valence-electron chi connectivity index (χ4n) is 2.29. The topological polar surface area (TPSA) is 9.23 Å². The van der Waals surface area contributed by atoms with Crippen molar-refractivity contribution in [1.82, 2.24) is 0 Å². The lowest BCUT2D eigenvalue weighted by molar-refractivity contribution is 0.348. The highest BCUT2D eigenvalue weighted by Gasteiger charge is 2.08. The molecule has 0 N–H and O–H groups in total. The van der Waals surface area contributed by atoms with Gasteiger partial charge in [-0.3, -0.25) is 0 Å². The summed E-state index contributed by atoms with van der Waals surface area (Å²) in [5, 5.41) is 5.29. The van der Waals surface area contributed by atoms with Gasteiger partial charge in [0.1, 0.15) is 5.75 Å². The molecule has 0 saturated heterocycles. The van der Waals surface area contributed by atoms with Crippen LogP contribution < -0.4 is 4.74 Å². The van der Waals surface area contributed by atoms with E-state index >= 15 is 0 Å². The molecular weight excluding hydrogens is 244 g/mol. The van der Waals surface area contributed by atoms with Crippen LogP contribution in [0.3, 0.4) is 0 Å². The van der Waals surface area contributed by atoms with Gasteiger partial charge in [0.05, 0.1) is 6.61 Å². The molecule has 3 aromatic rings. The maximum atomic E-state index is 6.09. The molecule has 0 bridgehead atoms. The van der Waals surface area contributed by atoms with Crippen LogP contribution in [0.15, 0.2) is 48.5 Å². The number of benzene rings is 3. The van der Waals surface area contributed by atoms with Crippen molar-refractivity contribution >= 4 is 33.1 Å².